The van der Waals surface area contributed by atoms with Gasteiger partial charge in [0.05, 0.1) is 25.1 Å². The molecule has 150 valence electrons. The zero-order valence-electron chi connectivity index (χ0n) is 15.6. The maximum Gasteiger partial charge on any atom is 0.321 e. The van der Waals surface area contributed by atoms with Crippen LogP contribution >= 0.6 is 11.8 Å². The second kappa shape index (κ2) is 10.6. The van der Waals surface area contributed by atoms with Crippen molar-refractivity contribution in [2.75, 3.05) is 6.61 Å². The SMILES string of the molecule is CC(=O)ONC1S[C@H](COCc2ccccc2)[C@@H](OCc2ccccc2)[C@@H]1F. The van der Waals surface area contributed by atoms with Crippen molar-refractivity contribution in [1.29, 1.82) is 0 Å². The molecule has 4 atom stereocenters. The number of alkyl halides is 1. The highest BCUT2D eigenvalue weighted by Gasteiger charge is 2.46. The van der Waals surface area contributed by atoms with E-state index >= 15 is 0 Å². The summed E-state index contributed by atoms with van der Waals surface area (Å²) in [6, 6.07) is 19.4. The minimum absolute atomic E-state index is 0.226. The number of hydrogen-bond donors (Lipinski definition) is 1. The van der Waals surface area contributed by atoms with Crippen molar-refractivity contribution >= 4 is 17.7 Å². The summed E-state index contributed by atoms with van der Waals surface area (Å²) >= 11 is 1.33. The maximum absolute atomic E-state index is 15.0. The molecule has 28 heavy (non-hydrogen) atoms. The molecular weight excluding hydrogens is 381 g/mol. The molecule has 1 unspecified atom stereocenters. The summed E-state index contributed by atoms with van der Waals surface area (Å²) in [5, 5.41) is -0.925. The molecule has 0 aliphatic carbocycles. The number of rotatable bonds is 9. The zero-order valence-corrected chi connectivity index (χ0v) is 16.4. The standard InChI is InChI=1S/C21H24FNO4S/c1-15(24)27-23-21-19(22)20(26-13-17-10-6-3-7-11-17)18(28-21)14-25-12-16-8-4-2-5-9-16/h2-11,18-21,23H,12-14H2,1H3/t18-,19+,20-,21?/m1/s1. The first-order chi connectivity index (χ1) is 13.6. The largest absolute Gasteiger partial charge is 0.376 e. The van der Waals surface area contributed by atoms with E-state index in [1.165, 1.54) is 18.7 Å². The van der Waals surface area contributed by atoms with Crippen LogP contribution < -0.4 is 5.48 Å². The first-order valence-electron chi connectivity index (χ1n) is 9.13. The molecule has 1 aliphatic rings. The van der Waals surface area contributed by atoms with Crippen molar-refractivity contribution < 1.29 is 23.5 Å². The third kappa shape index (κ3) is 6.04. The van der Waals surface area contributed by atoms with E-state index in [0.717, 1.165) is 11.1 Å². The van der Waals surface area contributed by atoms with Crippen molar-refractivity contribution in [3.8, 4) is 0 Å². The molecule has 1 saturated heterocycles. The highest BCUT2D eigenvalue weighted by molar-refractivity contribution is 8.00. The molecule has 0 saturated carbocycles. The van der Waals surface area contributed by atoms with Crippen LogP contribution in [0.25, 0.3) is 0 Å². The van der Waals surface area contributed by atoms with Crippen molar-refractivity contribution in [2.45, 2.75) is 43.0 Å². The minimum atomic E-state index is -1.33. The van der Waals surface area contributed by atoms with Gasteiger partial charge in [0, 0.05) is 6.92 Å². The molecule has 1 fully saturated rings. The monoisotopic (exact) mass is 405 g/mol. The van der Waals surface area contributed by atoms with E-state index in [4.69, 9.17) is 14.3 Å². The summed E-state index contributed by atoms with van der Waals surface area (Å²) in [6.07, 6.45) is -2.01. The molecule has 1 heterocycles. The number of thioether (sulfide) groups is 1. The van der Waals surface area contributed by atoms with Gasteiger partial charge in [0.1, 0.15) is 11.5 Å². The van der Waals surface area contributed by atoms with Crippen molar-refractivity contribution in [1.82, 2.24) is 5.48 Å². The average Bonchev–Trinajstić information content (AvgIpc) is 3.01. The minimum Gasteiger partial charge on any atom is -0.376 e. The van der Waals surface area contributed by atoms with Gasteiger partial charge in [-0.1, -0.05) is 60.7 Å². The highest BCUT2D eigenvalue weighted by atomic mass is 32.2. The Hall–Kier alpha value is -1.93. The second-order valence-corrected chi connectivity index (χ2v) is 7.90. The Morgan fingerprint density at radius 1 is 1.04 bits per heavy atom. The predicted molar refractivity (Wildman–Crippen MR) is 106 cm³/mol. The van der Waals surface area contributed by atoms with E-state index in [-0.39, 0.29) is 5.25 Å². The van der Waals surface area contributed by atoms with Gasteiger partial charge in [-0.15, -0.1) is 17.2 Å². The number of carbonyl (C=O) groups is 1. The molecular formula is C21H24FNO4S. The lowest BCUT2D eigenvalue weighted by atomic mass is 10.1. The summed E-state index contributed by atoms with van der Waals surface area (Å²) in [5.41, 5.74) is 4.53. The molecule has 2 aromatic carbocycles. The zero-order chi connectivity index (χ0) is 19.8. The van der Waals surface area contributed by atoms with Gasteiger partial charge >= 0.3 is 5.97 Å². The molecule has 5 nitrogen and oxygen atoms in total. The number of ether oxygens (including phenoxy) is 2. The third-order valence-electron chi connectivity index (χ3n) is 4.29. The summed E-state index contributed by atoms with van der Waals surface area (Å²) in [7, 11) is 0. The lowest BCUT2D eigenvalue weighted by Crippen LogP contribution is -2.39. The Bertz CT molecular complexity index is 734. The predicted octanol–water partition coefficient (Wildman–Crippen LogP) is 3.64. The molecule has 7 heteroatoms. The van der Waals surface area contributed by atoms with Gasteiger partial charge in [-0.05, 0) is 11.1 Å². The first kappa shape index (κ1) is 20.8. The Morgan fingerprint density at radius 2 is 1.64 bits per heavy atom. The number of halogens is 1. The molecule has 1 aliphatic heterocycles. The topological polar surface area (TPSA) is 56.8 Å². The van der Waals surface area contributed by atoms with Crippen LogP contribution in [0.5, 0.6) is 0 Å². The van der Waals surface area contributed by atoms with Gasteiger partial charge < -0.3 is 14.3 Å². The van der Waals surface area contributed by atoms with E-state index in [1.807, 2.05) is 60.7 Å². The number of hydroxylamine groups is 1. The summed E-state index contributed by atoms with van der Waals surface area (Å²) < 4.78 is 26.7. The maximum atomic E-state index is 15.0. The van der Waals surface area contributed by atoms with Crippen LogP contribution in [0.4, 0.5) is 4.39 Å². The van der Waals surface area contributed by atoms with Crippen molar-refractivity contribution in [3.05, 3.63) is 71.8 Å². The molecule has 0 spiro atoms. The van der Waals surface area contributed by atoms with Crippen LogP contribution in [0, 0.1) is 0 Å². The second-order valence-electron chi connectivity index (χ2n) is 6.51. The van der Waals surface area contributed by atoms with E-state index in [1.54, 1.807) is 0 Å². The smallest absolute Gasteiger partial charge is 0.321 e. The number of benzene rings is 2. The van der Waals surface area contributed by atoms with Crippen LogP contribution in [0.2, 0.25) is 0 Å². The van der Waals surface area contributed by atoms with Crippen molar-refractivity contribution in [2.24, 2.45) is 0 Å². The Balaban J connectivity index is 1.58. The lowest BCUT2D eigenvalue weighted by Gasteiger charge is -2.21. The molecule has 1 N–H and O–H groups in total. The molecule has 0 radical (unpaired) electrons. The number of hydrogen-bond acceptors (Lipinski definition) is 6. The number of nitrogens with one attached hydrogen (secondary N) is 1. The molecule has 3 rings (SSSR count). The molecule has 0 bridgehead atoms. The molecule has 2 aromatic rings. The number of carbonyl (C=O) groups excluding carboxylic acids is 1. The van der Waals surface area contributed by atoms with Gasteiger partial charge in [0.25, 0.3) is 0 Å². The molecule has 0 aromatic heterocycles. The Labute approximate surface area is 168 Å². The van der Waals surface area contributed by atoms with Crippen LogP contribution in [0.3, 0.4) is 0 Å². The van der Waals surface area contributed by atoms with Gasteiger partial charge in [-0.3, -0.25) is 4.79 Å². The van der Waals surface area contributed by atoms with Crippen molar-refractivity contribution in [3.63, 3.8) is 0 Å². The van der Waals surface area contributed by atoms with Crippen LogP contribution in [-0.2, 0) is 32.3 Å². The third-order valence-corrected chi connectivity index (χ3v) is 5.69. The van der Waals surface area contributed by atoms with Gasteiger partial charge in [-0.2, -0.15) is 0 Å². The average molecular weight is 405 g/mol. The Kier molecular flexibility index (Phi) is 7.85. The van der Waals surface area contributed by atoms with Gasteiger partial charge in [-0.25, -0.2) is 4.39 Å². The lowest BCUT2D eigenvalue weighted by molar-refractivity contribution is -0.150. The summed E-state index contributed by atoms with van der Waals surface area (Å²) in [6.45, 7) is 2.35. The van der Waals surface area contributed by atoms with E-state index in [0.29, 0.717) is 19.8 Å². The fraction of sp³-hybridized carbons (Fsp3) is 0.381. The Morgan fingerprint density at radius 3 is 2.25 bits per heavy atom. The summed E-state index contributed by atoms with van der Waals surface area (Å²) in [5.74, 6) is -0.515. The van der Waals surface area contributed by atoms with Crippen LogP contribution in [-0.4, -0.2) is 35.5 Å². The highest BCUT2D eigenvalue weighted by Crippen LogP contribution is 2.37. The molecule has 0 amide bonds. The van der Waals surface area contributed by atoms with Crippen LogP contribution in [0.1, 0.15) is 18.1 Å². The van der Waals surface area contributed by atoms with Gasteiger partial charge in [0.2, 0.25) is 0 Å². The van der Waals surface area contributed by atoms with E-state index < -0.39 is 23.6 Å². The van der Waals surface area contributed by atoms with Gasteiger partial charge in [0.15, 0.2) is 6.17 Å². The van der Waals surface area contributed by atoms with Crippen LogP contribution in [0.15, 0.2) is 60.7 Å². The quantitative estimate of drug-likeness (QED) is 0.643. The normalized spacial score (nSPS) is 24.2. The van der Waals surface area contributed by atoms with E-state index in [2.05, 4.69) is 5.48 Å². The van der Waals surface area contributed by atoms with E-state index in [9.17, 15) is 9.18 Å². The first-order valence-corrected chi connectivity index (χ1v) is 10.1. The fourth-order valence-electron chi connectivity index (χ4n) is 2.92. The fourth-order valence-corrected chi connectivity index (χ4v) is 4.26. The summed E-state index contributed by atoms with van der Waals surface area (Å²) in [4.78, 5) is 15.8.